The van der Waals surface area contributed by atoms with E-state index in [1.165, 1.54) is 17.7 Å². The molecular formula is C19H17N7O2. The highest BCUT2D eigenvalue weighted by Gasteiger charge is 2.07. The molecule has 0 fully saturated rings. The fraction of sp³-hybridized carbons (Fsp3) is 0.105. The van der Waals surface area contributed by atoms with Gasteiger partial charge in [-0.2, -0.15) is 5.10 Å². The van der Waals surface area contributed by atoms with Crippen LogP contribution in [0.2, 0.25) is 0 Å². The van der Waals surface area contributed by atoms with Crippen molar-refractivity contribution in [2.75, 3.05) is 5.43 Å². The summed E-state index contributed by atoms with van der Waals surface area (Å²) in [5.74, 6) is 0.472. The molecule has 3 rings (SSSR count). The highest BCUT2D eigenvalue weighted by molar-refractivity contribution is 5.97. The van der Waals surface area contributed by atoms with Crippen molar-refractivity contribution in [2.45, 2.75) is 13.8 Å². The number of aromatic nitrogens is 2. The summed E-state index contributed by atoms with van der Waals surface area (Å²) in [6.07, 6.45) is 2.75. The molecule has 28 heavy (non-hydrogen) atoms. The Morgan fingerprint density at radius 1 is 1.07 bits per heavy atom. The van der Waals surface area contributed by atoms with E-state index >= 15 is 0 Å². The molecule has 9 nitrogen and oxygen atoms in total. The first-order valence-corrected chi connectivity index (χ1v) is 8.37. The zero-order valence-corrected chi connectivity index (χ0v) is 15.3. The van der Waals surface area contributed by atoms with Gasteiger partial charge in [-0.15, -0.1) is 10.2 Å². The quantitative estimate of drug-likeness (QED) is 0.230. The number of aryl methyl sites for hydroxylation is 2. The average Bonchev–Trinajstić information content (AvgIpc) is 2.71. The molecule has 0 aliphatic rings. The SMILES string of the molecule is Cc1ccc(NN=C(N=Nc2ccc([N+](=O)[O-])cn2)c2ccccn2)cc1C. The lowest BCUT2D eigenvalue weighted by Gasteiger charge is -2.05. The highest BCUT2D eigenvalue weighted by Crippen LogP contribution is 2.16. The van der Waals surface area contributed by atoms with Crippen LogP contribution in [0.4, 0.5) is 17.2 Å². The van der Waals surface area contributed by atoms with Crippen LogP contribution in [-0.2, 0) is 0 Å². The van der Waals surface area contributed by atoms with Gasteiger partial charge in [0, 0.05) is 12.3 Å². The van der Waals surface area contributed by atoms with Crippen LogP contribution in [-0.4, -0.2) is 20.7 Å². The van der Waals surface area contributed by atoms with E-state index in [1.54, 1.807) is 18.3 Å². The molecule has 0 spiro atoms. The summed E-state index contributed by atoms with van der Waals surface area (Å²) in [5.41, 5.74) is 6.48. The maximum absolute atomic E-state index is 10.7. The highest BCUT2D eigenvalue weighted by atomic mass is 16.6. The van der Waals surface area contributed by atoms with Gasteiger partial charge >= 0.3 is 0 Å². The molecule has 0 radical (unpaired) electrons. The molecule has 0 unspecified atom stereocenters. The van der Waals surface area contributed by atoms with Crippen LogP contribution >= 0.6 is 0 Å². The molecule has 1 N–H and O–H groups in total. The van der Waals surface area contributed by atoms with E-state index in [9.17, 15) is 10.1 Å². The monoisotopic (exact) mass is 375 g/mol. The van der Waals surface area contributed by atoms with Crippen molar-refractivity contribution in [3.63, 3.8) is 0 Å². The van der Waals surface area contributed by atoms with Gasteiger partial charge in [-0.25, -0.2) is 4.98 Å². The Labute approximate surface area is 161 Å². The Bertz CT molecular complexity index is 1030. The van der Waals surface area contributed by atoms with Crippen LogP contribution in [0.25, 0.3) is 0 Å². The standard InChI is InChI=1S/C19H17N7O2/c1-13-6-7-15(11-14(13)2)22-24-19(17-5-3-4-10-20-17)25-23-18-9-8-16(12-21-18)26(27)28/h3-12,22H,1-2H3. The number of anilines is 1. The second-order valence-corrected chi connectivity index (χ2v) is 5.89. The first-order chi connectivity index (χ1) is 13.5. The van der Waals surface area contributed by atoms with Gasteiger partial charge in [0.15, 0.2) is 5.82 Å². The fourth-order valence-electron chi connectivity index (χ4n) is 2.20. The molecule has 0 amide bonds. The Morgan fingerprint density at radius 3 is 2.57 bits per heavy atom. The number of hydrogen-bond acceptors (Lipinski definition) is 7. The molecule has 0 aliphatic heterocycles. The Balaban J connectivity index is 1.86. The molecule has 2 heterocycles. The Hall–Kier alpha value is -4.01. The van der Waals surface area contributed by atoms with Gasteiger partial charge in [0.05, 0.1) is 10.6 Å². The lowest BCUT2D eigenvalue weighted by atomic mass is 10.1. The summed E-state index contributed by atoms with van der Waals surface area (Å²) >= 11 is 0. The first kappa shape index (κ1) is 18.8. The van der Waals surface area contributed by atoms with E-state index in [4.69, 9.17) is 0 Å². The summed E-state index contributed by atoms with van der Waals surface area (Å²) < 4.78 is 0. The zero-order chi connectivity index (χ0) is 19.9. The van der Waals surface area contributed by atoms with E-state index in [0.29, 0.717) is 5.69 Å². The molecule has 1 aromatic carbocycles. The molecule has 3 aromatic rings. The lowest BCUT2D eigenvalue weighted by Crippen LogP contribution is -2.03. The van der Waals surface area contributed by atoms with Gasteiger partial charge in [0.2, 0.25) is 5.84 Å². The van der Waals surface area contributed by atoms with Crippen molar-refractivity contribution < 1.29 is 4.92 Å². The summed E-state index contributed by atoms with van der Waals surface area (Å²) in [4.78, 5) is 18.3. The molecule has 0 aliphatic carbocycles. The minimum absolute atomic E-state index is 0.117. The Morgan fingerprint density at radius 2 is 1.93 bits per heavy atom. The van der Waals surface area contributed by atoms with E-state index in [0.717, 1.165) is 17.4 Å². The molecule has 2 aromatic heterocycles. The number of azo groups is 1. The molecule has 0 saturated heterocycles. The first-order valence-electron chi connectivity index (χ1n) is 8.37. The van der Waals surface area contributed by atoms with E-state index in [2.05, 4.69) is 30.7 Å². The third-order valence-electron chi connectivity index (χ3n) is 3.88. The third kappa shape index (κ3) is 4.79. The number of benzene rings is 1. The second-order valence-electron chi connectivity index (χ2n) is 5.89. The minimum atomic E-state index is -0.526. The number of hydrogen-bond donors (Lipinski definition) is 1. The average molecular weight is 375 g/mol. The van der Waals surface area contributed by atoms with Gasteiger partial charge in [0.25, 0.3) is 5.69 Å². The molecule has 0 saturated carbocycles. The van der Waals surface area contributed by atoms with E-state index in [-0.39, 0.29) is 17.3 Å². The van der Waals surface area contributed by atoms with Crippen molar-refractivity contribution in [1.29, 1.82) is 0 Å². The number of pyridine rings is 2. The lowest BCUT2D eigenvalue weighted by molar-refractivity contribution is -0.385. The van der Waals surface area contributed by atoms with Crippen LogP contribution in [0.1, 0.15) is 16.8 Å². The topological polar surface area (TPSA) is 118 Å². The van der Waals surface area contributed by atoms with Crippen LogP contribution < -0.4 is 5.43 Å². The van der Waals surface area contributed by atoms with Crippen molar-refractivity contribution in [1.82, 2.24) is 9.97 Å². The Kier molecular flexibility index (Phi) is 5.75. The summed E-state index contributed by atoms with van der Waals surface area (Å²) in [6, 6.07) is 14.0. The molecule has 0 atom stereocenters. The molecule has 140 valence electrons. The van der Waals surface area contributed by atoms with Gasteiger partial charge in [-0.05, 0) is 55.3 Å². The van der Waals surface area contributed by atoms with Crippen LogP contribution in [0.15, 0.2) is 76.3 Å². The van der Waals surface area contributed by atoms with Crippen molar-refractivity contribution >= 4 is 23.0 Å². The summed E-state index contributed by atoms with van der Waals surface area (Å²) in [5, 5.41) is 23.1. The number of nitrogens with zero attached hydrogens (tertiary/aromatic N) is 6. The van der Waals surface area contributed by atoms with Crippen molar-refractivity contribution in [3.05, 3.63) is 87.9 Å². The normalized spacial score (nSPS) is 11.6. The number of nitrogens with one attached hydrogen (secondary N) is 1. The van der Waals surface area contributed by atoms with Crippen molar-refractivity contribution in [3.8, 4) is 0 Å². The third-order valence-corrected chi connectivity index (χ3v) is 3.88. The number of hydrazone groups is 1. The smallest absolute Gasteiger partial charge is 0.276 e. The number of amidine groups is 1. The van der Waals surface area contributed by atoms with Crippen LogP contribution in [0.5, 0.6) is 0 Å². The molecule has 0 bridgehead atoms. The zero-order valence-electron chi connectivity index (χ0n) is 15.3. The molecular weight excluding hydrogens is 358 g/mol. The van der Waals surface area contributed by atoms with Gasteiger partial charge < -0.3 is 0 Å². The van der Waals surface area contributed by atoms with Crippen LogP contribution in [0.3, 0.4) is 0 Å². The van der Waals surface area contributed by atoms with Crippen molar-refractivity contribution in [2.24, 2.45) is 15.3 Å². The second kappa shape index (κ2) is 8.58. The molecule has 9 heteroatoms. The largest absolute Gasteiger partial charge is 0.287 e. The predicted molar refractivity (Wildman–Crippen MR) is 106 cm³/mol. The predicted octanol–water partition coefficient (Wildman–Crippen LogP) is 4.56. The fourth-order valence-corrected chi connectivity index (χ4v) is 2.20. The van der Waals surface area contributed by atoms with Crippen LogP contribution in [0, 0.1) is 24.0 Å². The van der Waals surface area contributed by atoms with E-state index in [1.807, 2.05) is 38.1 Å². The van der Waals surface area contributed by atoms with E-state index < -0.39 is 4.92 Å². The minimum Gasteiger partial charge on any atom is -0.276 e. The van der Waals surface area contributed by atoms with Gasteiger partial charge in [-0.1, -0.05) is 12.1 Å². The maximum atomic E-state index is 10.7. The number of rotatable bonds is 5. The summed E-state index contributed by atoms with van der Waals surface area (Å²) in [6.45, 7) is 4.05. The number of nitro groups is 1. The summed E-state index contributed by atoms with van der Waals surface area (Å²) in [7, 11) is 0. The maximum Gasteiger partial charge on any atom is 0.287 e. The van der Waals surface area contributed by atoms with Gasteiger partial charge in [0.1, 0.15) is 11.9 Å². The van der Waals surface area contributed by atoms with Gasteiger partial charge in [-0.3, -0.25) is 20.5 Å².